The summed E-state index contributed by atoms with van der Waals surface area (Å²) in [5, 5.41) is 9.64. The topological polar surface area (TPSA) is 63.0 Å². The van der Waals surface area contributed by atoms with E-state index < -0.39 is 12.1 Å². The lowest BCUT2D eigenvalue weighted by Gasteiger charge is -2.20. The molecule has 1 aliphatic rings. The molecule has 1 aliphatic carbocycles. The third-order valence-electron chi connectivity index (χ3n) is 3.44. The molecule has 0 bridgehead atoms. The summed E-state index contributed by atoms with van der Waals surface area (Å²) in [6, 6.07) is 10.9. The van der Waals surface area contributed by atoms with Gasteiger partial charge in [-0.2, -0.15) is 5.26 Å². The predicted octanol–water partition coefficient (Wildman–Crippen LogP) is 3.74. The summed E-state index contributed by atoms with van der Waals surface area (Å²) in [7, 11) is 0. The van der Waals surface area contributed by atoms with Crippen LogP contribution in [-0.4, -0.2) is 11.0 Å². The first-order chi connectivity index (χ1) is 10.6. The number of halogens is 1. The van der Waals surface area contributed by atoms with E-state index in [9.17, 15) is 10.1 Å². The molecule has 1 aromatic carbocycles. The number of ether oxygens (including phenoxy) is 1. The van der Waals surface area contributed by atoms with Crippen LogP contribution in [0.3, 0.4) is 0 Å². The van der Waals surface area contributed by atoms with Crippen LogP contribution < -0.4 is 0 Å². The number of rotatable bonds is 1. The van der Waals surface area contributed by atoms with Gasteiger partial charge in [-0.3, -0.25) is 4.79 Å². The summed E-state index contributed by atoms with van der Waals surface area (Å²) in [5.41, 5.74) is 3.37. The van der Waals surface area contributed by atoms with Gasteiger partial charge >= 0.3 is 5.97 Å². The van der Waals surface area contributed by atoms with Gasteiger partial charge in [0.1, 0.15) is 5.15 Å². The smallest absolute Gasteiger partial charge is 0.303 e. The molecule has 0 aliphatic heterocycles. The molecule has 1 atom stereocenters. The Labute approximate surface area is 132 Å². The summed E-state index contributed by atoms with van der Waals surface area (Å²) >= 11 is 5.95. The molecule has 108 valence electrons. The molecule has 0 fully saturated rings. The Morgan fingerprint density at radius 1 is 1.27 bits per heavy atom. The van der Waals surface area contributed by atoms with E-state index in [2.05, 4.69) is 11.1 Å². The minimum atomic E-state index is -0.615. The van der Waals surface area contributed by atoms with Gasteiger partial charge in [0.15, 0.2) is 6.10 Å². The van der Waals surface area contributed by atoms with Gasteiger partial charge in [-0.05, 0) is 29.8 Å². The van der Waals surface area contributed by atoms with Crippen LogP contribution in [0.25, 0.3) is 12.2 Å². The van der Waals surface area contributed by atoms with Crippen molar-refractivity contribution in [3.05, 3.63) is 63.4 Å². The number of fused-ring (bicyclic) bond motifs is 2. The van der Waals surface area contributed by atoms with E-state index >= 15 is 0 Å². The number of pyridine rings is 1. The predicted molar refractivity (Wildman–Crippen MR) is 82.9 cm³/mol. The van der Waals surface area contributed by atoms with Gasteiger partial charge in [0, 0.05) is 18.1 Å². The van der Waals surface area contributed by atoms with Crippen LogP contribution in [0.2, 0.25) is 5.15 Å². The molecule has 0 saturated carbocycles. The van der Waals surface area contributed by atoms with Crippen LogP contribution in [0.15, 0.2) is 30.3 Å². The molecule has 0 radical (unpaired) electrons. The summed E-state index contributed by atoms with van der Waals surface area (Å²) in [6.07, 6.45) is 2.97. The fraction of sp³-hybridized carbons (Fsp3) is 0.118. The molecule has 5 heteroatoms. The quantitative estimate of drug-likeness (QED) is 0.594. The van der Waals surface area contributed by atoms with E-state index in [0.29, 0.717) is 16.4 Å². The minimum absolute atomic E-state index is 0.358. The van der Waals surface area contributed by atoms with Crippen molar-refractivity contribution in [2.24, 2.45) is 0 Å². The molecule has 1 heterocycles. The molecule has 4 nitrogen and oxygen atoms in total. The Bertz CT molecular complexity index is 837. The number of hydrogen-bond donors (Lipinski definition) is 0. The number of carbonyl (C=O) groups excluding carboxylic acids is 1. The van der Waals surface area contributed by atoms with Crippen molar-refractivity contribution in [1.82, 2.24) is 4.98 Å². The first-order valence-electron chi connectivity index (χ1n) is 6.65. The van der Waals surface area contributed by atoms with Crippen molar-refractivity contribution in [2.75, 3.05) is 0 Å². The van der Waals surface area contributed by atoms with E-state index in [1.54, 1.807) is 36.4 Å². The molecule has 1 unspecified atom stereocenters. The third-order valence-corrected chi connectivity index (χ3v) is 3.65. The Balaban J connectivity index is 2.28. The molecule has 0 amide bonds. The van der Waals surface area contributed by atoms with Gasteiger partial charge in [0.25, 0.3) is 0 Å². The molecule has 0 saturated heterocycles. The highest BCUT2D eigenvalue weighted by atomic mass is 35.5. The Morgan fingerprint density at radius 3 is 2.82 bits per heavy atom. The Hall–Kier alpha value is -2.64. The minimum Gasteiger partial charge on any atom is -0.453 e. The maximum atomic E-state index is 11.5. The standard InChI is InChI=1S/C17H11ClN2O2/c1-10(21)22-17-13-4-2-3-11(9-19)12(13)5-7-15-14(17)6-8-16(18)20-15/h2-8,17H,1H3. The zero-order chi connectivity index (χ0) is 15.7. The van der Waals surface area contributed by atoms with Gasteiger partial charge in [-0.15, -0.1) is 0 Å². The van der Waals surface area contributed by atoms with Crippen molar-refractivity contribution in [1.29, 1.82) is 5.26 Å². The van der Waals surface area contributed by atoms with E-state index in [1.165, 1.54) is 6.92 Å². The molecule has 0 spiro atoms. The molecular weight excluding hydrogens is 300 g/mol. The lowest BCUT2D eigenvalue weighted by Crippen LogP contribution is -2.12. The van der Waals surface area contributed by atoms with E-state index in [0.717, 1.165) is 16.7 Å². The van der Waals surface area contributed by atoms with Gasteiger partial charge in [-0.25, -0.2) is 4.98 Å². The first kappa shape index (κ1) is 14.3. The number of aromatic nitrogens is 1. The number of nitrogens with zero attached hydrogens (tertiary/aromatic N) is 2. The highest BCUT2D eigenvalue weighted by Gasteiger charge is 2.26. The zero-order valence-corrected chi connectivity index (χ0v) is 12.5. The zero-order valence-electron chi connectivity index (χ0n) is 11.7. The number of benzene rings is 1. The highest BCUT2D eigenvalue weighted by molar-refractivity contribution is 6.29. The van der Waals surface area contributed by atoms with Crippen LogP contribution >= 0.6 is 11.6 Å². The average molecular weight is 311 g/mol. The van der Waals surface area contributed by atoms with E-state index in [-0.39, 0.29) is 0 Å². The monoisotopic (exact) mass is 310 g/mol. The second kappa shape index (κ2) is 5.63. The fourth-order valence-electron chi connectivity index (χ4n) is 2.53. The van der Waals surface area contributed by atoms with Crippen LogP contribution in [-0.2, 0) is 9.53 Å². The average Bonchev–Trinajstić information content (AvgIpc) is 2.64. The largest absolute Gasteiger partial charge is 0.453 e. The fourth-order valence-corrected chi connectivity index (χ4v) is 2.69. The van der Waals surface area contributed by atoms with Crippen molar-refractivity contribution in [3.63, 3.8) is 0 Å². The van der Waals surface area contributed by atoms with Gasteiger partial charge in [0.05, 0.1) is 17.3 Å². The second-order valence-corrected chi connectivity index (χ2v) is 5.24. The van der Waals surface area contributed by atoms with Gasteiger partial charge in [-0.1, -0.05) is 29.8 Å². The highest BCUT2D eigenvalue weighted by Crippen LogP contribution is 2.36. The normalized spacial score (nSPS) is 15.2. The van der Waals surface area contributed by atoms with Crippen LogP contribution in [0.5, 0.6) is 0 Å². The van der Waals surface area contributed by atoms with Crippen molar-refractivity contribution in [2.45, 2.75) is 13.0 Å². The Kier molecular flexibility index (Phi) is 3.66. The SMILES string of the molecule is CC(=O)OC1c2ccc(Cl)nc2C=Cc2c(C#N)cccc21. The lowest BCUT2D eigenvalue weighted by atomic mass is 9.95. The Morgan fingerprint density at radius 2 is 2.09 bits per heavy atom. The van der Waals surface area contributed by atoms with Crippen molar-refractivity contribution >= 4 is 29.7 Å². The lowest BCUT2D eigenvalue weighted by molar-refractivity contribution is -0.144. The number of carbonyl (C=O) groups is 1. The summed E-state index contributed by atoms with van der Waals surface area (Å²) in [4.78, 5) is 15.8. The molecule has 0 N–H and O–H groups in total. The first-order valence-corrected chi connectivity index (χ1v) is 7.02. The van der Waals surface area contributed by atoms with Crippen LogP contribution in [0.1, 0.15) is 41.0 Å². The molecule has 2 aromatic rings. The summed E-state index contributed by atoms with van der Waals surface area (Å²) < 4.78 is 5.49. The maximum absolute atomic E-state index is 11.5. The molecule has 3 rings (SSSR count). The number of esters is 1. The van der Waals surface area contributed by atoms with Crippen LogP contribution in [0, 0.1) is 11.3 Å². The summed E-state index contributed by atoms with van der Waals surface area (Å²) in [6.45, 7) is 1.36. The molecule has 1 aromatic heterocycles. The van der Waals surface area contributed by atoms with Gasteiger partial charge < -0.3 is 4.74 Å². The van der Waals surface area contributed by atoms with E-state index in [4.69, 9.17) is 16.3 Å². The maximum Gasteiger partial charge on any atom is 0.303 e. The number of hydrogen-bond acceptors (Lipinski definition) is 4. The second-order valence-electron chi connectivity index (χ2n) is 4.85. The number of nitriles is 1. The van der Waals surface area contributed by atoms with Gasteiger partial charge in [0.2, 0.25) is 0 Å². The third kappa shape index (κ3) is 2.47. The van der Waals surface area contributed by atoms with Crippen molar-refractivity contribution in [3.8, 4) is 6.07 Å². The molecule has 22 heavy (non-hydrogen) atoms. The summed E-state index contributed by atoms with van der Waals surface area (Å²) in [5.74, 6) is -0.402. The van der Waals surface area contributed by atoms with E-state index in [1.807, 2.05) is 6.07 Å². The van der Waals surface area contributed by atoms with Crippen molar-refractivity contribution < 1.29 is 9.53 Å². The van der Waals surface area contributed by atoms with Crippen LogP contribution in [0.4, 0.5) is 0 Å². The molecular formula is C17H11ClN2O2.